The highest BCUT2D eigenvalue weighted by Gasteiger charge is 2.26. The molecule has 17 heavy (non-hydrogen) atoms. The third-order valence-corrected chi connectivity index (χ3v) is 3.04. The van der Waals surface area contributed by atoms with E-state index < -0.39 is 0 Å². The van der Waals surface area contributed by atoms with Gasteiger partial charge in [-0.1, -0.05) is 12.2 Å². The van der Waals surface area contributed by atoms with Crippen molar-refractivity contribution in [3.05, 3.63) is 18.5 Å². The van der Waals surface area contributed by atoms with Crippen LogP contribution in [0.4, 0.5) is 5.95 Å². The Kier molecular flexibility index (Phi) is 2.04. The number of fused-ring (bicyclic) bond motifs is 1. The molecular formula is C11H13N5O. The lowest BCUT2D eigenvalue weighted by Crippen LogP contribution is -2.18. The first-order valence-electron chi connectivity index (χ1n) is 5.39. The van der Waals surface area contributed by atoms with Gasteiger partial charge >= 0.3 is 0 Å². The van der Waals surface area contributed by atoms with Crippen LogP contribution in [0.2, 0.25) is 0 Å². The number of rotatable bonds is 2. The second kappa shape index (κ2) is 3.44. The molecule has 2 N–H and O–H groups in total. The van der Waals surface area contributed by atoms with Crippen LogP contribution in [-0.2, 0) is 0 Å². The standard InChI is InChI=1S/C11H13N5O/c1-6-3-7(4-6)16-5-13-8-9(16)14-11(12)15-10(8)17-2/h5,7H,1,3-4H2,2H3,(H2,12,14,15). The fourth-order valence-corrected chi connectivity index (χ4v) is 2.12. The summed E-state index contributed by atoms with van der Waals surface area (Å²) in [7, 11) is 1.55. The van der Waals surface area contributed by atoms with Crippen LogP contribution in [0.15, 0.2) is 18.5 Å². The summed E-state index contributed by atoms with van der Waals surface area (Å²) in [6, 6.07) is 0.381. The Morgan fingerprint density at radius 3 is 2.88 bits per heavy atom. The van der Waals surface area contributed by atoms with Gasteiger partial charge in [0.1, 0.15) is 0 Å². The summed E-state index contributed by atoms with van der Waals surface area (Å²) in [4.78, 5) is 12.5. The van der Waals surface area contributed by atoms with Crippen molar-refractivity contribution in [1.29, 1.82) is 0 Å². The molecule has 0 saturated heterocycles. The van der Waals surface area contributed by atoms with Gasteiger partial charge in [-0.15, -0.1) is 0 Å². The highest BCUT2D eigenvalue weighted by atomic mass is 16.5. The van der Waals surface area contributed by atoms with Crippen LogP contribution in [-0.4, -0.2) is 26.6 Å². The van der Waals surface area contributed by atoms with Crippen molar-refractivity contribution in [3.63, 3.8) is 0 Å². The van der Waals surface area contributed by atoms with Crippen LogP contribution in [0.25, 0.3) is 11.2 Å². The molecule has 0 unspecified atom stereocenters. The number of nitrogens with zero attached hydrogens (tertiary/aromatic N) is 4. The zero-order valence-electron chi connectivity index (χ0n) is 9.55. The summed E-state index contributed by atoms with van der Waals surface area (Å²) < 4.78 is 7.17. The number of imidazole rings is 1. The zero-order chi connectivity index (χ0) is 12.0. The van der Waals surface area contributed by atoms with Gasteiger partial charge in [0.05, 0.1) is 13.4 Å². The first-order valence-corrected chi connectivity index (χ1v) is 5.39. The minimum Gasteiger partial charge on any atom is -0.479 e. The average molecular weight is 231 g/mol. The number of ether oxygens (including phenoxy) is 1. The highest BCUT2D eigenvalue weighted by Crippen LogP contribution is 2.38. The molecule has 6 nitrogen and oxygen atoms in total. The molecule has 0 bridgehead atoms. The van der Waals surface area contributed by atoms with Gasteiger partial charge in [0.25, 0.3) is 0 Å². The van der Waals surface area contributed by atoms with Crippen molar-refractivity contribution < 1.29 is 4.74 Å². The molecule has 1 saturated carbocycles. The number of methoxy groups -OCH3 is 1. The molecule has 2 aromatic heterocycles. The molecule has 0 aromatic carbocycles. The lowest BCUT2D eigenvalue weighted by atomic mass is 9.88. The lowest BCUT2D eigenvalue weighted by Gasteiger charge is -2.29. The van der Waals surface area contributed by atoms with Gasteiger partial charge in [0.2, 0.25) is 11.8 Å². The van der Waals surface area contributed by atoms with E-state index in [9.17, 15) is 0 Å². The van der Waals surface area contributed by atoms with Crippen LogP contribution in [0.5, 0.6) is 5.88 Å². The van der Waals surface area contributed by atoms with E-state index in [1.165, 1.54) is 5.57 Å². The molecule has 0 atom stereocenters. The Hall–Kier alpha value is -2.11. The van der Waals surface area contributed by atoms with Crippen molar-refractivity contribution in [2.75, 3.05) is 12.8 Å². The van der Waals surface area contributed by atoms with Crippen LogP contribution < -0.4 is 10.5 Å². The van der Waals surface area contributed by atoms with E-state index in [1.807, 2.05) is 4.57 Å². The first-order chi connectivity index (χ1) is 8.19. The smallest absolute Gasteiger partial charge is 0.246 e. The molecule has 2 aromatic rings. The van der Waals surface area contributed by atoms with Gasteiger partial charge in [-0.25, -0.2) is 4.98 Å². The third-order valence-electron chi connectivity index (χ3n) is 3.04. The maximum atomic E-state index is 5.65. The van der Waals surface area contributed by atoms with Gasteiger partial charge in [-0.3, -0.25) is 0 Å². The molecule has 0 aliphatic heterocycles. The van der Waals surface area contributed by atoms with Crippen LogP contribution in [0.3, 0.4) is 0 Å². The number of aromatic nitrogens is 4. The minimum atomic E-state index is 0.203. The number of nitrogens with two attached hydrogens (primary N) is 1. The van der Waals surface area contributed by atoms with E-state index in [1.54, 1.807) is 13.4 Å². The summed E-state index contributed by atoms with van der Waals surface area (Å²) >= 11 is 0. The number of allylic oxidation sites excluding steroid dienone is 1. The normalized spacial score (nSPS) is 16.2. The van der Waals surface area contributed by atoms with Gasteiger partial charge in [0.15, 0.2) is 11.2 Å². The Morgan fingerprint density at radius 2 is 2.24 bits per heavy atom. The number of hydrogen-bond acceptors (Lipinski definition) is 5. The second-order valence-electron chi connectivity index (χ2n) is 4.23. The van der Waals surface area contributed by atoms with Gasteiger partial charge < -0.3 is 15.0 Å². The summed E-state index contributed by atoms with van der Waals surface area (Å²) in [5.74, 6) is 0.624. The topological polar surface area (TPSA) is 78.8 Å². The zero-order valence-corrected chi connectivity index (χ0v) is 9.55. The lowest BCUT2D eigenvalue weighted by molar-refractivity contribution is 0.401. The van der Waals surface area contributed by atoms with E-state index in [2.05, 4.69) is 21.5 Å². The molecule has 1 aliphatic carbocycles. The quantitative estimate of drug-likeness (QED) is 0.788. The van der Waals surface area contributed by atoms with E-state index in [-0.39, 0.29) is 5.95 Å². The summed E-state index contributed by atoms with van der Waals surface area (Å²) in [6.07, 6.45) is 3.70. The maximum Gasteiger partial charge on any atom is 0.246 e. The second-order valence-corrected chi connectivity index (χ2v) is 4.23. The molecule has 0 radical (unpaired) electrons. The summed E-state index contributed by atoms with van der Waals surface area (Å²) in [5.41, 5.74) is 8.29. The maximum absolute atomic E-state index is 5.65. The molecule has 88 valence electrons. The molecule has 0 amide bonds. The van der Waals surface area contributed by atoms with Crippen LogP contribution in [0, 0.1) is 0 Å². The third kappa shape index (κ3) is 1.44. The Labute approximate surface area is 98.1 Å². The van der Waals surface area contributed by atoms with Crippen molar-refractivity contribution in [2.24, 2.45) is 0 Å². The molecule has 1 aliphatic rings. The number of nitrogen functional groups attached to an aromatic ring is 1. The number of hydrogen-bond donors (Lipinski definition) is 1. The molecular weight excluding hydrogens is 218 g/mol. The van der Waals surface area contributed by atoms with E-state index in [0.717, 1.165) is 18.5 Å². The molecule has 2 heterocycles. The SMILES string of the molecule is C=C1CC(n2cnc3c(OC)nc(N)nc32)C1. The fourth-order valence-electron chi connectivity index (χ4n) is 2.12. The largest absolute Gasteiger partial charge is 0.479 e. The van der Waals surface area contributed by atoms with Gasteiger partial charge in [-0.2, -0.15) is 9.97 Å². The van der Waals surface area contributed by atoms with Crippen LogP contribution >= 0.6 is 0 Å². The van der Waals surface area contributed by atoms with E-state index in [4.69, 9.17) is 10.5 Å². The van der Waals surface area contributed by atoms with Gasteiger partial charge in [0, 0.05) is 6.04 Å². The summed E-state index contributed by atoms with van der Waals surface area (Å²) in [6.45, 7) is 3.94. The predicted octanol–water partition coefficient (Wildman–Crippen LogP) is 1.31. The molecule has 1 fully saturated rings. The Morgan fingerprint density at radius 1 is 1.47 bits per heavy atom. The number of anilines is 1. The Balaban J connectivity index is 2.14. The van der Waals surface area contributed by atoms with Gasteiger partial charge in [-0.05, 0) is 12.8 Å². The highest BCUT2D eigenvalue weighted by molar-refractivity contribution is 5.77. The predicted molar refractivity (Wildman–Crippen MR) is 63.7 cm³/mol. The van der Waals surface area contributed by atoms with Crippen molar-refractivity contribution in [2.45, 2.75) is 18.9 Å². The van der Waals surface area contributed by atoms with Crippen molar-refractivity contribution >= 4 is 17.1 Å². The average Bonchev–Trinajstić information content (AvgIpc) is 2.67. The Bertz CT molecular complexity index is 595. The first kappa shape index (κ1) is 10.1. The molecule has 3 rings (SSSR count). The minimum absolute atomic E-state index is 0.203. The molecule has 6 heteroatoms. The molecule has 0 spiro atoms. The monoisotopic (exact) mass is 231 g/mol. The van der Waals surface area contributed by atoms with E-state index in [0.29, 0.717) is 17.4 Å². The van der Waals surface area contributed by atoms with Crippen molar-refractivity contribution in [3.8, 4) is 5.88 Å². The van der Waals surface area contributed by atoms with E-state index >= 15 is 0 Å². The van der Waals surface area contributed by atoms with Crippen LogP contribution in [0.1, 0.15) is 18.9 Å². The fraction of sp³-hybridized carbons (Fsp3) is 0.364. The summed E-state index contributed by atoms with van der Waals surface area (Å²) in [5, 5.41) is 0. The van der Waals surface area contributed by atoms with Crippen molar-refractivity contribution in [1.82, 2.24) is 19.5 Å².